The first kappa shape index (κ1) is 17.4. The van der Waals surface area contributed by atoms with E-state index in [0.717, 1.165) is 32.2 Å². The SMILES string of the molecule is CCCCN(C)C(=O)C1CCCN(C(=O)c2ccc(F)cc2)C1. The molecule has 2 rings (SSSR count). The molecular formula is C18H25FN2O2. The molecule has 0 spiro atoms. The first-order chi connectivity index (χ1) is 11.0. The van der Waals surface area contributed by atoms with Gasteiger partial charge in [0.05, 0.1) is 5.92 Å². The molecule has 0 radical (unpaired) electrons. The normalized spacial score (nSPS) is 17.9. The van der Waals surface area contributed by atoms with Crippen LogP contribution < -0.4 is 0 Å². The molecule has 1 aromatic rings. The number of likely N-dealkylation sites (tertiary alicyclic amines) is 1. The van der Waals surface area contributed by atoms with Gasteiger partial charge in [0.2, 0.25) is 5.91 Å². The molecule has 1 aliphatic rings. The lowest BCUT2D eigenvalue weighted by Gasteiger charge is -2.34. The van der Waals surface area contributed by atoms with Crippen molar-refractivity contribution in [1.82, 2.24) is 9.80 Å². The summed E-state index contributed by atoms with van der Waals surface area (Å²) in [6.45, 7) is 3.96. The Balaban J connectivity index is 1.98. The number of carbonyl (C=O) groups is 2. The topological polar surface area (TPSA) is 40.6 Å². The van der Waals surface area contributed by atoms with Crippen molar-refractivity contribution >= 4 is 11.8 Å². The molecule has 1 saturated heterocycles. The lowest BCUT2D eigenvalue weighted by molar-refractivity contribution is -0.135. The number of rotatable bonds is 5. The van der Waals surface area contributed by atoms with E-state index in [9.17, 15) is 14.0 Å². The minimum Gasteiger partial charge on any atom is -0.345 e. The number of halogens is 1. The Hall–Kier alpha value is -1.91. The van der Waals surface area contributed by atoms with Crippen LogP contribution in [-0.4, -0.2) is 48.3 Å². The average Bonchev–Trinajstić information content (AvgIpc) is 2.59. The predicted octanol–water partition coefficient (Wildman–Crippen LogP) is 2.94. The average molecular weight is 320 g/mol. The summed E-state index contributed by atoms with van der Waals surface area (Å²) in [6.07, 6.45) is 3.69. The second-order valence-corrected chi connectivity index (χ2v) is 6.21. The highest BCUT2D eigenvalue weighted by Crippen LogP contribution is 2.20. The van der Waals surface area contributed by atoms with Crippen LogP contribution in [0.4, 0.5) is 4.39 Å². The molecule has 1 atom stereocenters. The molecule has 0 aliphatic carbocycles. The van der Waals surface area contributed by atoms with Crippen LogP contribution in [0.15, 0.2) is 24.3 Å². The summed E-state index contributed by atoms with van der Waals surface area (Å²) in [5, 5.41) is 0. The van der Waals surface area contributed by atoms with Crippen LogP contribution in [0, 0.1) is 11.7 Å². The molecule has 4 nitrogen and oxygen atoms in total. The van der Waals surface area contributed by atoms with Crippen molar-refractivity contribution in [3.8, 4) is 0 Å². The maximum absolute atomic E-state index is 13.0. The molecule has 1 unspecified atom stereocenters. The van der Waals surface area contributed by atoms with Crippen LogP contribution >= 0.6 is 0 Å². The van der Waals surface area contributed by atoms with Crippen molar-refractivity contribution < 1.29 is 14.0 Å². The summed E-state index contributed by atoms with van der Waals surface area (Å²) in [5.74, 6) is -0.491. The van der Waals surface area contributed by atoms with E-state index >= 15 is 0 Å². The fourth-order valence-electron chi connectivity index (χ4n) is 2.96. The third kappa shape index (κ3) is 4.53. The van der Waals surface area contributed by atoms with Gasteiger partial charge in [0.1, 0.15) is 5.82 Å². The van der Waals surface area contributed by atoms with Crippen LogP contribution in [0.25, 0.3) is 0 Å². The van der Waals surface area contributed by atoms with Crippen molar-refractivity contribution in [2.24, 2.45) is 5.92 Å². The summed E-state index contributed by atoms with van der Waals surface area (Å²) >= 11 is 0. The van der Waals surface area contributed by atoms with Gasteiger partial charge in [-0.3, -0.25) is 9.59 Å². The third-order valence-electron chi connectivity index (χ3n) is 4.37. The Morgan fingerprint density at radius 3 is 2.65 bits per heavy atom. The van der Waals surface area contributed by atoms with Crippen LogP contribution in [0.2, 0.25) is 0 Å². The lowest BCUT2D eigenvalue weighted by atomic mass is 9.96. The number of piperidine rings is 1. The smallest absolute Gasteiger partial charge is 0.253 e. The molecule has 1 heterocycles. The maximum Gasteiger partial charge on any atom is 0.253 e. The van der Waals surface area contributed by atoms with Crippen molar-refractivity contribution in [2.75, 3.05) is 26.7 Å². The third-order valence-corrected chi connectivity index (χ3v) is 4.37. The molecule has 0 bridgehead atoms. The van der Waals surface area contributed by atoms with E-state index < -0.39 is 0 Å². The van der Waals surface area contributed by atoms with E-state index in [1.165, 1.54) is 24.3 Å². The molecule has 0 saturated carbocycles. The van der Waals surface area contributed by atoms with Crippen molar-refractivity contribution in [3.63, 3.8) is 0 Å². The van der Waals surface area contributed by atoms with Crippen LogP contribution in [0.5, 0.6) is 0 Å². The standard InChI is InChI=1S/C18H25FN2O2/c1-3-4-11-20(2)17(22)15-6-5-12-21(13-15)18(23)14-7-9-16(19)10-8-14/h7-10,15H,3-6,11-13H2,1-2H3. The van der Waals surface area contributed by atoms with Gasteiger partial charge in [-0.1, -0.05) is 13.3 Å². The lowest BCUT2D eigenvalue weighted by Crippen LogP contribution is -2.46. The van der Waals surface area contributed by atoms with Gasteiger partial charge in [0.15, 0.2) is 0 Å². The number of hydrogen-bond donors (Lipinski definition) is 0. The van der Waals surface area contributed by atoms with E-state index in [1.807, 2.05) is 7.05 Å². The molecule has 1 aliphatic heterocycles. The molecular weight excluding hydrogens is 295 g/mol. The number of nitrogens with zero attached hydrogens (tertiary/aromatic N) is 2. The van der Waals surface area contributed by atoms with E-state index in [4.69, 9.17) is 0 Å². The fourth-order valence-corrected chi connectivity index (χ4v) is 2.96. The Morgan fingerprint density at radius 1 is 1.30 bits per heavy atom. The van der Waals surface area contributed by atoms with E-state index in [2.05, 4.69) is 6.92 Å². The summed E-state index contributed by atoms with van der Waals surface area (Å²) in [5.41, 5.74) is 0.471. The Morgan fingerprint density at radius 2 is 2.00 bits per heavy atom. The number of hydrogen-bond acceptors (Lipinski definition) is 2. The maximum atomic E-state index is 13.0. The zero-order valence-corrected chi connectivity index (χ0v) is 13.9. The van der Waals surface area contributed by atoms with Gasteiger partial charge in [0, 0.05) is 32.2 Å². The molecule has 1 aromatic carbocycles. The van der Waals surface area contributed by atoms with Crippen LogP contribution in [0.3, 0.4) is 0 Å². The minimum atomic E-state index is -0.356. The van der Waals surface area contributed by atoms with Gasteiger partial charge in [-0.2, -0.15) is 0 Å². The largest absolute Gasteiger partial charge is 0.345 e. The fraction of sp³-hybridized carbons (Fsp3) is 0.556. The van der Waals surface area contributed by atoms with Gasteiger partial charge < -0.3 is 9.80 Å². The number of amides is 2. The zero-order chi connectivity index (χ0) is 16.8. The molecule has 126 valence electrons. The van der Waals surface area contributed by atoms with Gasteiger partial charge >= 0.3 is 0 Å². The van der Waals surface area contributed by atoms with Crippen LogP contribution in [-0.2, 0) is 4.79 Å². The van der Waals surface area contributed by atoms with E-state index in [0.29, 0.717) is 18.7 Å². The first-order valence-corrected chi connectivity index (χ1v) is 8.32. The molecule has 5 heteroatoms. The van der Waals surface area contributed by atoms with E-state index in [1.54, 1.807) is 9.80 Å². The summed E-state index contributed by atoms with van der Waals surface area (Å²) in [7, 11) is 1.83. The van der Waals surface area contributed by atoms with Gasteiger partial charge in [-0.05, 0) is 43.5 Å². The van der Waals surface area contributed by atoms with Gasteiger partial charge in [-0.25, -0.2) is 4.39 Å². The van der Waals surface area contributed by atoms with Gasteiger partial charge in [0.25, 0.3) is 5.91 Å². The Bertz CT molecular complexity index is 544. The second-order valence-electron chi connectivity index (χ2n) is 6.21. The van der Waals surface area contributed by atoms with Crippen molar-refractivity contribution in [3.05, 3.63) is 35.6 Å². The first-order valence-electron chi connectivity index (χ1n) is 8.32. The van der Waals surface area contributed by atoms with Crippen molar-refractivity contribution in [1.29, 1.82) is 0 Å². The molecule has 0 N–H and O–H groups in total. The highest BCUT2D eigenvalue weighted by Gasteiger charge is 2.30. The number of unbranched alkanes of at least 4 members (excludes halogenated alkanes) is 1. The summed E-state index contributed by atoms with van der Waals surface area (Å²) in [6, 6.07) is 5.57. The zero-order valence-electron chi connectivity index (χ0n) is 13.9. The molecule has 0 aromatic heterocycles. The number of benzene rings is 1. The van der Waals surface area contributed by atoms with E-state index in [-0.39, 0.29) is 23.5 Å². The molecule has 23 heavy (non-hydrogen) atoms. The molecule has 2 amide bonds. The van der Waals surface area contributed by atoms with Gasteiger partial charge in [-0.15, -0.1) is 0 Å². The Kier molecular flexibility index (Phi) is 6.13. The quantitative estimate of drug-likeness (QED) is 0.837. The summed E-state index contributed by atoms with van der Waals surface area (Å²) in [4.78, 5) is 28.5. The summed E-state index contributed by atoms with van der Waals surface area (Å²) < 4.78 is 13.0. The second kappa shape index (κ2) is 8.09. The van der Waals surface area contributed by atoms with Crippen LogP contribution in [0.1, 0.15) is 43.0 Å². The Labute approximate surface area is 137 Å². The highest BCUT2D eigenvalue weighted by molar-refractivity contribution is 5.94. The monoisotopic (exact) mass is 320 g/mol. The minimum absolute atomic E-state index is 0.120. The number of carbonyl (C=O) groups excluding carboxylic acids is 2. The highest BCUT2D eigenvalue weighted by atomic mass is 19.1. The predicted molar refractivity (Wildman–Crippen MR) is 87.6 cm³/mol. The van der Waals surface area contributed by atoms with Crippen molar-refractivity contribution in [2.45, 2.75) is 32.6 Å². The molecule has 1 fully saturated rings.